The third-order valence-corrected chi connectivity index (χ3v) is 6.08. The lowest BCUT2D eigenvalue weighted by molar-refractivity contribution is -0.140. The number of unbranched alkanes of at least 4 members (excludes halogenated alkanes) is 5. The van der Waals surface area contributed by atoms with Crippen molar-refractivity contribution in [3.8, 4) is 0 Å². The minimum Gasteiger partial charge on any atom is -0.444 e. The fourth-order valence-electron chi connectivity index (χ4n) is 4.22. The van der Waals surface area contributed by atoms with Crippen LogP contribution < -0.4 is 10.6 Å². The molecule has 0 aliphatic rings. The molecule has 0 aliphatic carbocycles. The van der Waals surface area contributed by atoms with Gasteiger partial charge in [-0.2, -0.15) is 0 Å². The zero-order valence-electron chi connectivity index (χ0n) is 23.7. The minimum absolute atomic E-state index is 0.251. The SMILES string of the molecule is CCCCCCCCN(C(=O)CNC(=O)OC(C)(C)C)C(C(=O)NCc1ccccc1)c1cccc(C)c1. The van der Waals surface area contributed by atoms with Crippen molar-refractivity contribution in [1.29, 1.82) is 0 Å². The molecule has 7 nitrogen and oxygen atoms in total. The van der Waals surface area contributed by atoms with Gasteiger partial charge in [-0.1, -0.05) is 99.2 Å². The van der Waals surface area contributed by atoms with Crippen LogP contribution in [0.25, 0.3) is 0 Å². The Morgan fingerprint density at radius 2 is 1.58 bits per heavy atom. The fourth-order valence-corrected chi connectivity index (χ4v) is 4.22. The molecule has 7 heteroatoms. The molecule has 0 saturated heterocycles. The van der Waals surface area contributed by atoms with Crippen molar-refractivity contribution in [3.05, 3.63) is 71.3 Å². The molecular weight excluding hydrogens is 478 g/mol. The van der Waals surface area contributed by atoms with E-state index in [-0.39, 0.29) is 18.4 Å². The van der Waals surface area contributed by atoms with Gasteiger partial charge < -0.3 is 20.3 Å². The average Bonchev–Trinajstić information content (AvgIpc) is 2.87. The summed E-state index contributed by atoms with van der Waals surface area (Å²) in [7, 11) is 0. The van der Waals surface area contributed by atoms with Crippen LogP contribution in [0.2, 0.25) is 0 Å². The second-order valence-electron chi connectivity index (χ2n) is 10.7. The average molecular weight is 524 g/mol. The summed E-state index contributed by atoms with van der Waals surface area (Å²) in [6, 6.07) is 16.5. The van der Waals surface area contributed by atoms with Gasteiger partial charge in [0.2, 0.25) is 11.8 Å². The van der Waals surface area contributed by atoms with Crippen LogP contribution in [-0.4, -0.2) is 41.5 Å². The quantitative estimate of drug-likeness (QED) is 0.294. The van der Waals surface area contributed by atoms with Gasteiger partial charge in [-0.15, -0.1) is 0 Å². The number of rotatable bonds is 14. The minimum atomic E-state index is -0.817. The number of hydrogen-bond donors (Lipinski definition) is 2. The van der Waals surface area contributed by atoms with E-state index in [1.54, 1.807) is 25.7 Å². The summed E-state index contributed by atoms with van der Waals surface area (Å²) in [6.07, 6.45) is 5.68. The lowest BCUT2D eigenvalue weighted by Gasteiger charge is -2.32. The molecule has 208 valence electrons. The van der Waals surface area contributed by atoms with E-state index in [1.807, 2.05) is 61.5 Å². The van der Waals surface area contributed by atoms with Crippen LogP contribution in [0.1, 0.15) is 89.0 Å². The van der Waals surface area contributed by atoms with Crippen LogP contribution in [0.5, 0.6) is 0 Å². The van der Waals surface area contributed by atoms with Crippen LogP contribution in [-0.2, 0) is 20.9 Å². The number of benzene rings is 2. The van der Waals surface area contributed by atoms with E-state index in [9.17, 15) is 14.4 Å². The Morgan fingerprint density at radius 1 is 0.895 bits per heavy atom. The summed E-state index contributed by atoms with van der Waals surface area (Å²) in [5.41, 5.74) is 2.05. The molecule has 0 saturated carbocycles. The molecule has 2 rings (SSSR count). The standard InChI is InChI=1S/C31H45N3O4/c1-6-7-8-9-10-14-20-34(27(35)23-33-30(37)38-31(3,4)5)28(26-19-15-16-24(2)21-26)29(36)32-22-25-17-12-11-13-18-25/h11-13,15-19,21,28H,6-10,14,20,22-23H2,1-5H3,(H,32,36)(H,33,37). The van der Waals surface area contributed by atoms with E-state index >= 15 is 0 Å². The van der Waals surface area contributed by atoms with Crippen molar-refractivity contribution in [3.63, 3.8) is 0 Å². The normalized spacial score (nSPS) is 11.9. The Kier molecular flexibility index (Phi) is 12.8. The molecule has 1 atom stereocenters. The smallest absolute Gasteiger partial charge is 0.408 e. The number of aryl methyl sites for hydroxylation is 1. The number of alkyl carbamates (subject to hydrolysis) is 1. The van der Waals surface area contributed by atoms with Gasteiger partial charge >= 0.3 is 6.09 Å². The van der Waals surface area contributed by atoms with Crippen LogP contribution >= 0.6 is 0 Å². The van der Waals surface area contributed by atoms with Crippen LogP contribution in [0.4, 0.5) is 4.79 Å². The van der Waals surface area contributed by atoms with Gasteiger partial charge in [0.1, 0.15) is 18.2 Å². The zero-order chi connectivity index (χ0) is 28.0. The summed E-state index contributed by atoms with van der Waals surface area (Å²) < 4.78 is 5.30. The van der Waals surface area contributed by atoms with Gasteiger partial charge in [0.25, 0.3) is 0 Å². The molecule has 2 aromatic rings. The van der Waals surface area contributed by atoms with E-state index in [1.165, 1.54) is 6.42 Å². The van der Waals surface area contributed by atoms with Crippen molar-refractivity contribution in [2.24, 2.45) is 0 Å². The Balaban J connectivity index is 2.26. The van der Waals surface area contributed by atoms with Crippen molar-refractivity contribution < 1.29 is 19.1 Å². The van der Waals surface area contributed by atoms with Crippen LogP contribution in [0, 0.1) is 6.92 Å². The van der Waals surface area contributed by atoms with E-state index in [4.69, 9.17) is 4.74 Å². The molecule has 0 aromatic heterocycles. The van der Waals surface area contributed by atoms with Gasteiger partial charge in [-0.25, -0.2) is 4.79 Å². The van der Waals surface area contributed by atoms with Gasteiger partial charge in [0.15, 0.2) is 0 Å². The summed E-state index contributed by atoms with van der Waals surface area (Å²) in [6.45, 7) is 9.97. The molecule has 0 heterocycles. The first kappa shape index (κ1) is 30.9. The molecule has 1 unspecified atom stereocenters. The predicted molar refractivity (Wildman–Crippen MR) is 152 cm³/mol. The monoisotopic (exact) mass is 523 g/mol. The second kappa shape index (κ2) is 15.8. The first-order chi connectivity index (χ1) is 18.1. The van der Waals surface area contributed by atoms with Crippen molar-refractivity contribution in [2.45, 2.75) is 91.3 Å². The molecule has 0 fully saturated rings. The molecule has 2 N–H and O–H groups in total. The van der Waals surface area contributed by atoms with E-state index in [0.717, 1.165) is 48.8 Å². The van der Waals surface area contributed by atoms with Crippen molar-refractivity contribution >= 4 is 17.9 Å². The Hall–Kier alpha value is -3.35. The fraction of sp³-hybridized carbons (Fsp3) is 0.516. The maximum absolute atomic E-state index is 13.7. The van der Waals surface area contributed by atoms with Gasteiger partial charge in [-0.05, 0) is 45.2 Å². The number of carbonyl (C=O) groups is 3. The van der Waals surface area contributed by atoms with Gasteiger partial charge in [0, 0.05) is 13.1 Å². The number of ether oxygens (including phenoxy) is 1. The summed E-state index contributed by atoms with van der Waals surface area (Å²) in [5.74, 6) is -0.582. The Bertz CT molecular complexity index is 1020. The molecule has 0 bridgehead atoms. The van der Waals surface area contributed by atoms with Gasteiger partial charge in [-0.3, -0.25) is 9.59 Å². The summed E-state index contributed by atoms with van der Waals surface area (Å²) >= 11 is 0. The number of amides is 3. The largest absolute Gasteiger partial charge is 0.444 e. The number of carbonyl (C=O) groups excluding carboxylic acids is 3. The maximum atomic E-state index is 13.7. The first-order valence-corrected chi connectivity index (χ1v) is 13.7. The van der Waals surface area contributed by atoms with Crippen molar-refractivity contribution in [1.82, 2.24) is 15.5 Å². The molecule has 2 aromatic carbocycles. The third-order valence-electron chi connectivity index (χ3n) is 6.08. The molecule has 38 heavy (non-hydrogen) atoms. The number of nitrogens with zero attached hydrogens (tertiary/aromatic N) is 1. The molecule has 0 spiro atoms. The highest BCUT2D eigenvalue weighted by Crippen LogP contribution is 2.24. The topological polar surface area (TPSA) is 87.7 Å². The number of hydrogen-bond acceptors (Lipinski definition) is 4. The molecule has 0 radical (unpaired) electrons. The summed E-state index contributed by atoms with van der Waals surface area (Å²) in [4.78, 5) is 41.0. The molecule has 3 amide bonds. The highest BCUT2D eigenvalue weighted by Gasteiger charge is 2.31. The second-order valence-corrected chi connectivity index (χ2v) is 10.7. The van der Waals surface area contributed by atoms with Crippen LogP contribution in [0.3, 0.4) is 0 Å². The Labute approximate surface area is 228 Å². The predicted octanol–water partition coefficient (Wildman–Crippen LogP) is 6.07. The van der Waals surface area contributed by atoms with E-state index in [2.05, 4.69) is 17.6 Å². The summed E-state index contributed by atoms with van der Waals surface area (Å²) in [5, 5.41) is 5.59. The lowest BCUT2D eigenvalue weighted by atomic mass is 10.0. The maximum Gasteiger partial charge on any atom is 0.408 e. The third kappa shape index (κ3) is 11.4. The molecule has 0 aliphatic heterocycles. The van der Waals surface area contributed by atoms with Crippen LogP contribution in [0.15, 0.2) is 54.6 Å². The molecular formula is C31H45N3O4. The first-order valence-electron chi connectivity index (χ1n) is 13.7. The zero-order valence-corrected chi connectivity index (χ0v) is 23.7. The van der Waals surface area contributed by atoms with E-state index < -0.39 is 17.7 Å². The van der Waals surface area contributed by atoms with Crippen molar-refractivity contribution in [2.75, 3.05) is 13.1 Å². The highest BCUT2D eigenvalue weighted by atomic mass is 16.6. The Morgan fingerprint density at radius 3 is 2.24 bits per heavy atom. The lowest BCUT2D eigenvalue weighted by Crippen LogP contribution is -2.48. The number of nitrogens with one attached hydrogen (secondary N) is 2. The van der Waals surface area contributed by atoms with Gasteiger partial charge in [0.05, 0.1) is 0 Å². The van der Waals surface area contributed by atoms with E-state index in [0.29, 0.717) is 13.1 Å². The highest BCUT2D eigenvalue weighted by molar-refractivity contribution is 5.90.